The molecule has 2 aromatic carbocycles. The minimum atomic E-state index is -0.224. The maximum absolute atomic E-state index is 12.6. The van der Waals surface area contributed by atoms with E-state index in [1.165, 1.54) is 27.4 Å². The Kier molecular flexibility index (Phi) is 6.49. The molecule has 0 saturated carbocycles. The van der Waals surface area contributed by atoms with Crippen molar-refractivity contribution in [3.63, 3.8) is 0 Å². The molecule has 0 aliphatic heterocycles. The maximum Gasteiger partial charge on any atom is 0.189 e. The third kappa shape index (κ3) is 4.08. The topological polar surface area (TPSA) is 63.2 Å². The van der Waals surface area contributed by atoms with Gasteiger partial charge in [0.1, 0.15) is 5.75 Å². The van der Waals surface area contributed by atoms with Crippen molar-refractivity contribution in [3.8, 4) is 28.7 Å². The number of allylic oxidation sites excluding steroid dienone is 1. The van der Waals surface area contributed by atoms with Crippen LogP contribution in [0.25, 0.3) is 6.08 Å². The molecule has 0 heterocycles. The SMILES string of the molecule is COc1ccc(/C=C/C(=O)c2cc(OC)c(OC)cc2OC)cc1OC. The highest BCUT2D eigenvalue weighted by molar-refractivity contribution is 6.09. The smallest absolute Gasteiger partial charge is 0.189 e. The van der Waals surface area contributed by atoms with Gasteiger partial charge in [-0.1, -0.05) is 12.1 Å². The summed E-state index contributed by atoms with van der Waals surface area (Å²) >= 11 is 0. The lowest BCUT2D eigenvalue weighted by molar-refractivity contribution is 0.104. The van der Waals surface area contributed by atoms with Crippen LogP contribution in [0, 0.1) is 0 Å². The first-order valence-electron chi connectivity index (χ1n) is 7.82. The number of benzene rings is 2. The molecule has 0 aliphatic carbocycles. The summed E-state index contributed by atoms with van der Waals surface area (Å²) < 4.78 is 26.3. The zero-order valence-corrected chi connectivity index (χ0v) is 15.5. The van der Waals surface area contributed by atoms with Gasteiger partial charge in [0, 0.05) is 6.07 Å². The fourth-order valence-electron chi connectivity index (χ4n) is 2.44. The standard InChI is InChI=1S/C20H22O6/c1-22-16-9-7-13(10-18(16)24-3)6-8-15(21)14-11-19(25-4)20(26-5)12-17(14)23-2/h6-12H,1-5H3/b8-6+. The monoisotopic (exact) mass is 358 g/mol. The number of hydrogen-bond acceptors (Lipinski definition) is 6. The highest BCUT2D eigenvalue weighted by atomic mass is 16.5. The summed E-state index contributed by atoms with van der Waals surface area (Å²) in [5.74, 6) is 2.34. The molecule has 0 bridgehead atoms. The summed E-state index contributed by atoms with van der Waals surface area (Å²) in [6, 6.07) is 8.61. The Labute approximate surface area is 152 Å². The predicted octanol–water partition coefficient (Wildman–Crippen LogP) is 3.63. The third-order valence-corrected chi connectivity index (χ3v) is 3.81. The molecule has 26 heavy (non-hydrogen) atoms. The van der Waals surface area contributed by atoms with Crippen LogP contribution >= 0.6 is 0 Å². The zero-order chi connectivity index (χ0) is 19.1. The molecule has 6 nitrogen and oxygen atoms in total. The number of carbonyl (C=O) groups is 1. The van der Waals surface area contributed by atoms with E-state index in [2.05, 4.69) is 0 Å². The molecule has 0 N–H and O–H groups in total. The highest BCUT2D eigenvalue weighted by Crippen LogP contribution is 2.35. The fraction of sp³-hybridized carbons (Fsp3) is 0.250. The lowest BCUT2D eigenvalue weighted by atomic mass is 10.1. The molecular weight excluding hydrogens is 336 g/mol. The minimum Gasteiger partial charge on any atom is -0.496 e. The molecule has 2 aromatic rings. The zero-order valence-electron chi connectivity index (χ0n) is 15.5. The molecule has 0 radical (unpaired) electrons. The van der Waals surface area contributed by atoms with Gasteiger partial charge in [-0.3, -0.25) is 4.79 Å². The summed E-state index contributed by atoms with van der Waals surface area (Å²) in [6.45, 7) is 0. The summed E-state index contributed by atoms with van der Waals surface area (Å²) in [6.07, 6.45) is 3.16. The highest BCUT2D eigenvalue weighted by Gasteiger charge is 2.16. The van der Waals surface area contributed by atoms with Gasteiger partial charge in [0.2, 0.25) is 0 Å². The predicted molar refractivity (Wildman–Crippen MR) is 99.0 cm³/mol. The molecule has 2 rings (SSSR count). The number of carbonyl (C=O) groups excluding carboxylic acids is 1. The van der Waals surface area contributed by atoms with E-state index in [0.717, 1.165) is 5.56 Å². The van der Waals surface area contributed by atoms with E-state index in [4.69, 9.17) is 23.7 Å². The first-order chi connectivity index (χ1) is 12.6. The van der Waals surface area contributed by atoms with Gasteiger partial charge in [-0.25, -0.2) is 0 Å². The fourth-order valence-corrected chi connectivity index (χ4v) is 2.44. The van der Waals surface area contributed by atoms with Crippen molar-refractivity contribution in [2.75, 3.05) is 35.5 Å². The van der Waals surface area contributed by atoms with Crippen LogP contribution in [0.3, 0.4) is 0 Å². The lowest BCUT2D eigenvalue weighted by Gasteiger charge is -2.12. The Hall–Kier alpha value is -3.15. The third-order valence-electron chi connectivity index (χ3n) is 3.81. The molecule has 6 heteroatoms. The Morgan fingerprint density at radius 1 is 0.692 bits per heavy atom. The van der Waals surface area contributed by atoms with Gasteiger partial charge in [0.05, 0.1) is 41.1 Å². The molecule has 0 amide bonds. The molecule has 0 saturated heterocycles. The van der Waals surface area contributed by atoms with E-state index in [1.54, 1.807) is 44.6 Å². The summed E-state index contributed by atoms with van der Waals surface area (Å²) in [7, 11) is 7.66. The minimum absolute atomic E-state index is 0.224. The normalized spacial score (nSPS) is 10.5. The average molecular weight is 358 g/mol. The van der Waals surface area contributed by atoms with Gasteiger partial charge in [-0.05, 0) is 29.8 Å². The first-order valence-corrected chi connectivity index (χ1v) is 7.82. The van der Waals surface area contributed by atoms with Crippen LogP contribution in [0.2, 0.25) is 0 Å². The van der Waals surface area contributed by atoms with E-state index in [1.807, 2.05) is 6.07 Å². The van der Waals surface area contributed by atoms with Crippen molar-refractivity contribution in [1.82, 2.24) is 0 Å². The first kappa shape index (κ1) is 19.2. The van der Waals surface area contributed by atoms with E-state index in [9.17, 15) is 4.79 Å². The van der Waals surface area contributed by atoms with Crippen molar-refractivity contribution < 1.29 is 28.5 Å². The molecule has 0 fully saturated rings. The summed E-state index contributed by atoms with van der Waals surface area (Å²) in [4.78, 5) is 12.6. The molecule has 0 aromatic heterocycles. The van der Waals surface area contributed by atoms with Gasteiger partial charge in [0.25, 0.3) is 0 Å². The van der Waals surface area contributed by atoms with Gasteiger partial charge in [0.15, 0.2) is 28.8 Å². The Morgan fingerprint density at radius 2 is 1.23 bits per heavy atom. The van der Waals surface area contributed by atoms with E-state index in [-0.39, 0.29) is 5.78 Å². The van der Waals surface area contributed by atoms with Crippen LogP contribution in [0.4, 0.5) is 0 Å². The second-order valence-electron chi connectivity index (χ2n) is 5.22. The lowest BCUT2D eigenvalue weighted by Crippen LogP contribution is -2.01. The van der Waals surface area contributed by atoms with Crippen LogP contribution in [0.1, 0.15) is 15.9 Å². The van der Waals surface area contributed by atoms with Crippen molar-refractivity contribution in [1.29, 1.82) is 0 Å². The van der Waals surface area contributed by atoms with Crippen molar-refractivity contribution in [2.24, 2.45) is 0 Å². The second kappa shape index (κ2) is 8.80. The number of ether oxygens (including phenoxy) is 5. The van der Waals surface area contributed by atoms with E-state index >= 15 is 0 Å². The molecule has 0 spiro atoms. The van der Waals surface area contributed by atoms with Crippen molar-refractivity contribution in [3.05, 3.63) is 47.5 Å². The molecule has 0 atom stereocenters. The van der Waals surface area contributed by atoms with Crippen molar-refractivity contribution >= 4 is 11.9 Å². The largest absolute Gasteiger partial charge is 0.496 e. The number of methoxy groups -OCH3 is 5. The van der Waals surface area contributed by atoms with Gasteiger partial charge < -0.3 is 23.7 Å². The number of hydrogen-bond donors (Lipinski definition) is 0. The van der Waals surface area contributed by atoms with Crippen LogP contribution in [0.5, 0.6) is 28.7 Å². The molecular formula is C20H22O6. The van der Waals surface area contributed by atoms with Crippen LogP contribution in [-0.2, 0) is 0 Å². The maximum atomic E-state index is 12.6. The molecule has 0 unspecified atom stereocenters. The molecule has 0 aliphatic rings. The van der Waals surface area contributed by atoms with Gasteiger partial charge in [-0.15, -0.1) is 0 Å². The van der Waals surface area contributed by atoms with Crippen LogP contribution in [0.15, 0.2) is 36.4 Å². The van der Waals surface area contributed by atoms with Crippen LogP contribution < -0.4 is 23.7 Å². The van der Waals surface area contributed by atoms with Gasteiger partial charge in [-0.2, -0.15) is 0 Å². The number of rotatable bonds is 8. The second-order valence-corrected chi connectivity index (χ2v) is 5.22. The summed E-state index contributed by atoms with van der Waals surface area (Å²) in [5.41, 5.74) is 1.18. The van der Waals surface area contributed by atoms with Crippen molar-refractivity contribution in [2.45, 2.75) is 0 Å². The average Bonchev–Trinajstić information content (AvgIpc) is 2.70. The Balaban J connectivity index is 2.33. The van der Waals surface area contributed by atoms with Gasteiger partial charge >= 0.3 is 0 Å². The van der Waals surface area contributed by atoms with E-state index in [0.29, 0.717) is 34.3 Å². The Morgan fingerprint density at radius 3 is 1.81 bits per heavy atom. The van der Waals surface area contributed by atoms with Crippen LogP contribution in [-0.4, -0.2) is 41.3 Å². The Bertz CT molecular complexity index is 810. The van der Waals surface area contributed by atoms with E-state index < -0.39 is 0 Å². The number of ketones is 1. The summed E-state index contributed by atoms with van der Waals surface area (Å²) in [5, 5.41) is 0. The molecule has 138 valence electrons. The quantitative estimate of drug-likeness (QED) is 0.530.